The Morgan fingerprint density at radius 3 is 2.40 bits per heavy atom. The number of amides is 1. The van der Waals surface area contributed by atoms with Crippen molar-refractivity contribution in [2.75, 3.05) is 6.54 Å². The number of hydrogen-bond donors (Lipinski definition) is 2. The molecule has 4 heteroatoms. The van der Waals surface area contributed by atoms with Crippen LogP contribution in [0.3, 0.4) is 0 Å². The minimum absolute atomic E-state index is 0. The first kappa shape index (κ1) is 12.4. The Bertz CT molecular complexity index is 97.7. The van der Waals surface area contributed by atoms with Crippen molar-refractivity contribution in [3.05, 3.63) is 0 Å². The molecule has 0 rings (SSSR count). The van der Waals surface area contributed by atoms with Crippen LogP contribution in [0.15, 0.2) is 0 Å². The molecule has 3 nitrogen and oxygen atoms in total. The molecule has 0 saturated heterocycles. The van der Waals surface area contributed by atoms with Crippen LogP contribution in [-0.2, 0) is 4.79 Å². The fourth-order valence-corrected chi connectivity index (χ4v) is 0.507. The number of nitrogens with two attached hydrogens (primary N) is 2. The number of carbonyl (C=O) groups is 1. The summed E-state index contributed by atoms with van der Waals surface area (Å²) < 4.78 is 0. The van der Waals surface area contributed by atoms with E-state index in [0.717, 1.165) is 6.42 Å². The van der Waals surface area contributed by atoms with Gasteiger partial charge in [0.15, 0.2) is 0 Å². The Kier molecular flexibility index (Phi) is 8.48. The standard InChI is InChI=1S/C6H14N2O.ClH/c1-5(4-7)2-3-6(8)9;/h5H,2-4,7H2,1H3,(H2,8,9);1H/t5-;/m0./s1. The molecule has 0 aromatic rings. The fourth-order valence-electron chi connectivity index (χ4n) is 0.507. The molecule has 0 aromatic carbocycles. The second kappa shape index (κ2) is 6.83. The Morgan fingerprint density at radius 1 is 1.60 bits per heavy atom. The highest BCUT2D eigenvalue weighted by molar-refractivity contribution is 5.85. The predicted molar refractivity (Wildman–Crippen MR) is 43.9 cm³/mol. The number of carbonyl (C=O) groups excluding carboxylic acids is 1. The maximum atomic E-state index is 10.2. The largest absolute Gasteiger partial charge is 0.370 e. The van der Waals surface area contributed by atoms with E-state index in [1.165, 1.54) is 0 Å². The van der Waals surface area contributed by atoms with Gasteiger partial charge in [-0.05, 0) is 18.9 Å². The highest BCUT2D eigenvalue weighted by Gasteiger charge is 2.00. The van der Waals surface area contributed by atoms with Crippen molar-refractivity contribution in [1.29, 1.82) is 0 Å². The van der Waals surface area contributed by atoms with Crippen LogP contribution < -0.4 is 11.5 Å². The summed E-state index contributed by atoms with van der Waals surface area (Å²) in [5.41, 5.74) is 10.2. The number of rotatable bonds is 4. The summed E-state index contributed by atoms with van der Waals surface area (Å²) in [4.78, 5) is 10.2. The third-order valence-electron chi connectivity index (χ3n) is 1.29. The maximum absolute atomic E-state index is 10.2. The molecule has 0 unspecified atom stereocenters. The number of hydrogen-bond acceptors (Lipinski definition) is 2. The first-order valence-electron chi connectivity index (χ1n) is 3.15. The van der Waals surface area contributed by atoms with Gasteiger partial charge in [0.05, 0.1) is 0 Å². The normalized spacial score (nSPS) is 11.8. The van der Waals surface area contributed by atoms with Gasteiger partial charge in [-0.2, -0.15) is 0 Å². The van der Waals surface area contributed by atoms with Gasteiger partial charge in [-0.1, -0.05) is 6.92 Å². The van der Waals surface area contributed by atoms with Crippen LogP contribution in [0.5, 0.6) is 0 Å². The molecule has 0 aromatic heterocycles. The molecule has 0 aliphatic heterocycles. The number of halogens is 1. The van der Waals surface area contributed by atoms with Gasteiger partial charge in [-0.3, -0.25) is 4.79 Å². The van der Waals surface area contributed by atoms with Gasteiger partial charge >= 0.3 is 0 Å². The molecule has 1 amide bonds. The summed E-state index contributed by atoms with van der Waals surface area (Å²) >= 11 is 0. The zero-order valence-corrected chi connectivity index (χ0v) is 6.99. The average Bonchev–Trinajstić information content (AvgIpc) is 1.83. The van der Waals surface area contributed by atoms with E-state index in [0.29, 0.717) is 18.9 Å². The van der Waals surface area contributed by atoms with Crippen LogP contribution >= 0.6 is 12.4 Å². The Hall–Kier alpha value is -0.280. The predicted octanol–water partition coefficient (Wildman–Crippen LogP) is 0.269. The van der Waals surface area contributed by atoms with E-state index in [2.05, 4.69) is 0 Å². The van der Waals surface area contributed by atoms with Crippen molar-refractivity contribution in [3.8, 4) is 0 Å². The van der Waals surface area contributed by atoms with Gasteiger partial charge in [0, 0.05) is 6.42 Å². The molecule has 62 valence electrons. The third-order valence-corrected chi connectivity index (χ3v) is 1.29. The molecule has 0 fully saturated rings. The Balaban J connectivity index is 0. The molecule has 0 bridgehead atoms. The van der Waals surface area contributed by atoms with E-state index < -0.39 is 0 Å². The maximum Gasteiger partial charge on any atom is 0.217 e. The summed E-state index contributed by atoms with van der Waals surface area (Å²) in [7, 11) is 0. The fraction of sp³-hybridized carbons (Fsp3) is 0.833. The monoisotopic (exact) mass is 166 g/mol. The molecular weight excluding hydrogens is 152 g/mol. The van der Waals surface area contributed by atoms with Crippen molar-refractivity contribution in [3.63, 3.8) is 0 Å². The summed E-state index contributed by atoms with van der Waals surface area (Å²) in [6.07, 6.45) is 1.27. The van der Waals surface area contributed by atoms with Gasteiger partial charge < -0.3 is 11.5 Å². The van der Waals surface area contributed by atoms with Crippen LogP contribution in [0.4, 0.5) is 0 Å². The lowest BCUT2D eigenvalue weighted by molar-refractivity contribution is -0.118. The molecule has 0 aliphatic carbocycles. The minimum atomic E-state index is -0.240. The minimum Gasteiger partial charge on any atom is -0.370 e. The smallest absolute Gasteiger partial charge is 0.217 e. The lowest BCUT2D eigenvalue weighted by Crippen LogP contribution is -2.16. The Morgan fingerprint density at radius 2 is 2.10 bits per heavy atom. The van der Waals surface area contributed by atoms with Crippen molar-refractivity contribution in [1.82, 2.24) is 0 Å². The van der Waals surface area contributed by atoms with Crippen molar-refractivity contribution >= 4 is 18.3 Å². The van der Waals surface area contributed by atoms with Crippen LogP contribution in [0.2, 0.25) is 0 Å². The third kappa shape index (κ3) is 7.72. The van der Waals surface area contributed by atoms with E-state index in [9.17, 15) is 4.79 Å². The first-order valence-corrected chi connectivity index (χ1v) is 3.15. The van der Waals surface area contributed by atoms with Gasteiger partial charge in [0.25, 0.3) is 0 Å². The van der Waals surface area contributed by atoms with Crippen molar-refractivity contribution in [2.45, 2.75) is 19.8 Å². The number of primary amides is 1. The highest BCUT2D eigenvalue weighted by Crippen LogP contribution is 2.01. The summed E-state index contributed by atoms with van der Waals surface area (Å²) in [5.74, 6) is 0.174. The quantitative estimate of drug-likeness (QED) is 0.630. The Labute approximate surface area is 67.6 Å². The summed E-state index contributed by atoms with van der Waals surface area (Å²) in [5, 5.41) is 0. The van der Waals surface area contributed by atoms with Gasteiger partial charge in [0.2, 0.25) is 5.91 Å². The lowest BCUT2D eigenvalue weighted by atomic mass is 10.1. The molecule has 0 aliphatic rings. The molecule has 0 spiro atoms. The molecule has 0 heterocycles. The summed E-state index contributed by atoms with van der Waals surface area (Å²) in [6, 6.07) is 0. The first-order chi connectivity index (χ1) is 4.16. The SMILES string of the molecule is C[C@H](CN)CCC(N)=O.Cl. The molecule has 1 atom stereocenters. The van der Waals surface area contributed by atoms with Gasteiger partial charge in [-0.15, -0.1) is 12.4 Å². The van der Waals surface area contributed by atoms with Crippen LogP contribution in [0, 0.1) is 5.92 Å². The molecule has 0 radical (unpaired) electrons. The zero-order valence-electron chi connectivity index (χ0n) is 6.17. The van der Waals surface area contributed by atoms with E-state index in [1.807, 2.05) is 6.92 Å². The molecule has 0 saturated carbocycles. The lowest BCUT2D eigenvalue weighted by Gasteiger charge is -2.03. The van der Waals surface area contributed by atoms with Crippen LogP contribution in [0.25, 0.3) is 0 Å². The van der Waals surface area contributed by atoms with E-state index >= 15 is 0 Å². The van der Waals surface area contributed by atoms with Crippen molar-refractivity contribution in [2.24, 2.45) is 17.4 Å². The molecule has 4 N–H and O–H groups in total. The average molecular weight is 167 g/mol. The molecular formula is C6H15ClN2O. The summed E-state index contributed by atoms with van der Waals surface area (Å²) in [6.45, 7) is 2.64. The van der Waals surface area contributed by atoms with E-state index in [1.54, 1.807) is 0 Å². The van der Waals surface area contributed by atoms with Crippen LogP contribution in [0.1, 0.15) is 19.8 Å². The second-order valence-electron chi connectivity index (χ2n) is 2.35. The highest BCUT2D eigenvalue weighted by atomic mass is 35.5. The second-order valence-corrected chi connectivity index (χ2v) is 2.35. The zero-order chi connectivity index (χ0) is 7.28. The van der Waals surface area contributed by atoms with Crippen molar-refractivity contribution < 1.29 is 4.79 Å². The van der Waals surface area contributed by atoms with E-state index in [-0.39, 0.29) is 18.3 Å². The van der Waals surface area contributed by atoms with Gasteiger partial charge in [0.1, 0.15) is 0 Å². The topological polar surface area (TPSA) is 69.1 Å². The van der Waals surface area contributed by atoms with E-state index in [4.69, 9.17) is 11.5 Å². The van der Waals surface area contributed by atoms with Gasteiger partial charge in [-0.25, -0.2) is 0 Å². The van der Waals surface area contributed by atoms with Crippen LogP contribution in [-0.4, -0.2) is 12.5 Å². The molecule has 10 heavy (non-hydrogen) atoms.